The van der Waals surface area contributed by atoms with E-state index in [0.717, 1.165) is 6.07 Å². The SMILES string of the molecule is CC[C@H](C)[C@H](NC(=O)Cc1ccccc1F)C(=O)N[C@]1(C(=O)N[C@H](C2=NC(O)(C(F)(F)F)CS2)[C@@H](C)CC)CCc2[nH]c3c(C(F)(F)F)cccc3c2C1. The van der Waals surface area contributed by atoms with E-state index in [1.54, 1.807) is 33.8 Å². The van der Waals surface area contributed by atoms with E-state index >= 15 is 0 Å². The lowest BCUT2D eigenvalue weighted by Crippen LogP contribution is -2.66. The Morgan fingerprint density at radius 2 is 1.67 bits per heavy atom. The number of aliphatic imine (C=N–C) groups is 1. The smallest absolute Gasteiger partial charge is 0.361 e. The number of para-hydroxylation sites is 1. The van der Waals surface area contributed by atoms with Crippen LogP contribution in [0.2, 0.25) is 0 Å². The number of H-pyrrole nitrogens is 1. The quantitative estimate of drug-likeness (QED) is 0.136. The summed E-state index contributed by atoms with van der Waals surface area (Å²) in [6.07, 6.45) is -9.88. The third kappa shape index (κ3) is 8.26. The number of hydrogen-bond acceptors (Lipinski definition) is 6. The normalized spacial score (nSPS) is 22.5. The summed E-state index contributed by atoms with van der Waals surface area (Å²) in [6.45, 7) is 6.88. The maximum atomic E-state index is 14.7. The van der Waals surface area contributed by atoms with Crippen molar-refractivity contribution >= 4 is 45.4 Å². The van der Waals surface area contributed by atoms with Gasteiger partial charge in [-0.3, -0.25) is 14.4 Å². The zero-order valence-corrected chi connectivity index (χ0v) is 30.8. The fraction of sp³-hybridized carbons (Fsp3) is 0.514. The molecule has 9 nitrogen and oxygen atoms in total. The highest BCUT2D eigenvalue weighted by Gasteiger charge is 2.58. The van der Waals surface area contributed by atoms with Crippen LogP contribution in [0.25, 0.3) is 10.9 Å². The second-order valence-corrected chi connectivity index (χ2v) is 15.1. The molecule has 17 heteroatoms. The number of aromatic nitrogens is 1. The van der Waals surface area contributed by atoms with Gasteiger partial charge in [-0.25, -0.2) is 9.38 Å². The molecule has 1 aliphatic carbocycles. The van der Waals surface area contributed by atoms with Crippen LogP contribution in [0.15, 0.2) is 47.5 Å². The van der Waals surface area contributed by atoms with Crippen molar-refractivity contribution in [3.05, 3.63) is 70.7 Å². The molecule has 0 bridgehead atoms. The summed E-state index contributed by atoms with van der Waals surface area (Å²) in [5, 5.41) is 18.5. The zero-order valence-electron chi connectivity index (χ0n) is 30.0. The number of alkyl halides is 6. The van der Waals surface area contributed by atoms with Gasteiger partial charge in [-0.1, -0.05) is 70.9 Å². The minimum absolute atomic E-state index is 0.000170. The van der Waals surface area contributed by atoms with Crippen LogP contribution in [-0.2, 0) is 39.8 Å². The van der Waals surface area contributed by atoms with Crippen molar-refractivity contribution in [1.29, 1.82) is 0 Å². The molecule has 2 heterocycles. The molecule has 5 rings (SSSR count). The summed E-state index contributed by atoms with van der Waals surface area (Å²) < 4.78 is 97.7. The third-order valence-electron chi connectivity index (χ3n) is 10.5. The first kappa shape index (κ1) is 41.1. The number of fused-ring (bicyclic) bond motifs is 3. The molecule has 3 amide bonds. The molecule has 0 saturated heterocycles. The number of benzene rings is 2. The second kappa shape index (κ2) is 15.6. The first-order valence-electron chi connectivity index (χ1n) is 17.6. The Hall–Kier alpha value is -4.12. The Kier molecular flexibility index (Phi) is 11.8. The molecular weight excluding hydrogens is 743 g/mol. The van der Waals surface area contributed by atoms with Crippen molar-refractivity contribution < 1.29 is 50.2 Å². The van der Waals surface area contributed by atoms with Crippen LogP contribution in [-0.4, -0.2) is 68.1 Å². The van der Waals surface area contributed by atoms with Gasteiger partial charge < -0.3 is 26.0 Å². The van der Waals surface area contributed by atoms with Crippen LogP contribution in [0.1, 0.15) is 69.3 Å². The minimum atomic E-state index is -5.09. The fourth-order valence-electron chi connectivity index (χ4n) is 6.81. The molecule has 5 N–H and O–H groups in total. The van der Waals surface area contributed by atoms with Crippen molar-refractivity contribution in [2.24, 2.45) is 16.8 Å². The van der Waals surface area contributed by atoms with E-state index in [1.165, 1.54) is 30.3 Å². The number of amides is 3. The summed E-state index contributed by atoms with van der Waals surface area (Å²) in [5.41, 5.74) is -5.52. The van der Waals surface area contributed by atoms with E-state index in [9.17, 15) is 50.2 Å². The van der Waals surface area contributed by atoms with Gasteiger partial charge in [0.1, 0.15) is 17.4 Å². The lowest BCUT2D eigenvalue weighted by atomic mass is 9.78. The number of nitrogens with zero attached hydrogens (tertiary/aromatic N) is 1. The van der Waals surface area contributed by atoms with E-state index in [4.69, 9.17) is 0 Å². The maximum Gasteiger partial charge on any atom is 0.439 e. The number of hydrogen-bond donors (Lipinski definition) is 5. The Morgan fingerprint density at radius 1 is 0.981 bits per heavy atom. The van der Waals surface area contributed by atoms with E-state index in [0.29, 0.717) is 35.9 Å². The average Bonchev–Trinajstić information content (AvgIpc) is 3.70. The number of carbonyl (C=O) groups is 3. The number of aliphatic hydroxyl groups is 1. The van der Waals surface area contributed by atoms with Crippen LogP contribution < -0.4 is 16.0 Å². The van der Waals surface area contributed by atoms with Crippen LogP contribution in [0.4, 0.5) is 30.7 Å². The van der Waals surface area contributed by atoms with Gasteiger partial charge in [0.25, 0.3) is 5.72 Å². The molecule has 0 radical (unpaired) electrons. The molecule has 1 aromatic heterocycles. The van der Waals surface area contributed by atoms with Gasteiger partial charge in [0.2, 0.25) is 17.7 Å². The first-order valence-corrected chi connectivity index (χ1v) is 18.6. The van der Waals surface area contributed by atoms with Gasteiger partial charge in [0.05, 0.1) is 34.3 Å². The number of halogens is 7. The highest BCUT2D eigenvalue weighted by Crippen LogP contribution is 2.42. The first-order chi connectivity index (χ1) is 25.2. The van der Waals surface area contributed by atoms with Gasteiger partial charge in [-0.05, 0) is 47.9 Å². The molecular formula is C37H42F7N5O4S. The zero-order chi connectivity index (χ0) is 39.8. The van der Waals surface area contributed by atoms with Gasteiger partial charge in [0.15, 0.2) is 0 Å². The van der Waals surface area contributed by atoms with Gasteiger partial charge in [-0.15, -0.1) is 11.8 Å². The van der Waals surface area contributed by atoms with E-state index in [-0.39, 0.29) is 47.2 Å². The van der Waals surface area contributed by atoms with Gasteiger partial charge >= 0.3 is 12.4 Å². The van der Waals surface area contributed by atoms with Gasteiger partial charge in [-0.2, -0.15) is 26.3 Å². The van der Waals surface area contributed by atoms with Crippen molar-refractivity contribution in [2.45, 2.75) is 102 Å². The van der Waals surface area contributed by atoms with Crippen LogP contribution >= 0.6 is 11.8 Å². The number of carbonyl (C=O) groups excluding carboxylic acids is 3. The molecule has 294 valence electrons. The van der Waals surface area contributed by atoms with Crippen molar-refractivity contribution in [2.75, 3.05) is 5.75 Å². The van der Waals surface area contributed by atoms with E-state index in [2.05, 4.69) is 25.9 Å². The Labute approximate surface area is 311 Å². The molecule has 0 saturated carbocycles. The van der Waals surface area contributed by atoms with Crippen molar-refractivity contribution in [1.82, 2.24) is 20.9 Å². The highest BCUT2D eigenvalue weighted by atomic mass is 32.2. The Bertz CT molecular complexity index is 1930. The predicted octanol–water partition coefficient (Wildman–Crippen LogP) is 6.37. The number of thioether (sulfide) groups is 1. The number of nitrogens with one attached hydrogen (secondary N) is 4. The highest BCUT2D eigenvalue weighted by molar-refractivity contribution is 8.14. The molecule has 1 unspecified atom stereocenters. The minimum Gasteiger partial charge on any atom is -0.361 e. The molecule has 0 spiro atoms. The molecule has 2 aliphatic rings. The third-order valence-corrected chi connectivity index (χ3v) is 11.7. The topological polar surface area (TPSA) is 136 Å². The summed E-state index contributed by atoms with van der Waals surface area (Å²) in [4.78, 5) is 48.6. The van der Waals surface area contributed by atoms with E-state index < -0.39 is 82.4 Å². The van der Waals surface area contributed by atoms with Crippen molar-refractivity contribution in [3.63, 3.8) is 0 Å². The van der Waals surface area contributed by atoms with Crippen LogP contribution in [0, 0.1) is 17.7 Å². The summed E-state index contributed by atoms with van der Waals surface area (Å²) in [7, 11) is 0. The molecule has 6 atom stereocenters. The van der Waals surface area contributed by atoms with Crippen LogP contribution in [0.5, 0.6) is 0 Å². The number of rotatable bonds is 12. The number of aromatic amines is 1. The largest absolute Gasteiger partial charge is 0.439 e. The lowest BCUT2D eigenvalue weighted by molar-refractivity contribution is -0.245. The van der Waals surface area contributed by atoms with Crippen molar-refractivity contribution in [3.8, 4) is 0 Å². The number of aryl methyl sites for hydroxylation is 1. The average molecular weight is 786 g/mol. The Balaban J connectivity index is 1.54. The van der Waals surface area contributed by atoms with Gasteiger partial charge in [0, 0.05) is 17.5 Å². The van der Waals surface area contributed by atoms with E-state index in [1.807, 2.05) is 0 Å². The summed E-state index contributed by atoms with van der Waals surface area (Å²) in [5.74, 6) is -4.76. The lowest BCUT2D eigenvalue weighted by Gasteiger charge is -2.40. The molecule has 0 fully saturated rings. The molecule has 54 heavy (non-hydrogen) atoms. The molecule has 1 aliphatic heterocycles. The summed E-state index contributed by atoms with van der Waals surface area (Å²) >= 11 is 0.638. The molecule has 2 aromatic carbocycles. The van der Waals surface area contributed by atoms with Crippen LogP contribution in [0.3, 0.4) is 0 Å². The molecule has 3 aromatic rings. The predicted molar refractivity (Wildman–Crippen MR) is 190 cm³/mol. The summed E-state index contributed by atoms with van der Waals surface area (Å²) in [6, 6.07) is 6.88. The maximum absolute atomic E-state index is 14.7. The Morgan fingerprint density at radius 3 is 2.28 bits per heavy atom. The standard InChI is InChI=1S/C37H42F7N5O4S/c1-5-19(3)28(46-27(50)16-21-10-7-8-13-25(21)38)31(51)48-34(15-14-26-23(17-34)22-11-9-12-24(30(22)45-26)36(39,40)41)33(52)47-29(20(4)6-2)32-49-35(53,18-54-32)37(42,43)44/h7-13,19-20,28-29,45,53H,5-6,14-18H2,1-4H3,(H,46,50)(H,47,52)(H,48,51)/t19-,20-,28-,29-,34+,35?/m0/s1. The monoisotopic (exact) mass is 785 g/mol. The second-order valence-electron chi connectivity index (χ2n) is 14.1. The fourth-order valence-corrected chi connectivity index (χ4v) is 8.07.